The molecule has 36 heavy (non-hydrogen) atoms. The van der Waals surface area contributed by atoms with Crippen molar-refractivity contribution in [2.45, 2.75) is 44.1 Å². The van der Waals surface area contributed by atoms with Gasteiger partial charge in [0.1, 0.15) is 11.4 Å². The summed E-state index contributed by atoms with van der Waals surface area (Å²) in [6.07, 6.45) is 24.0. The van der Waals surface area contributed by atoms with Crippen molar-refractivity contribution >= 4 is 17.9 Å². The molecule has 0 fully saturated rings. The van der Waals surface area contributed by atoms with Crippen molar-refractivity contribution in [2.24, 2.45) is 4.99 Å². The second-order valence-corrected chi connectivity index (χ2v) is 9.55. The van der Waals surface area contributed by atoms with Gasteiger partial charge in [-0.2, -0.15) is 0 Å². The number of fused-ring (bicyclic) bond motifs is 5. The summed E-state index contributed by atoms with van der Waals surface area (Å²) >= 11 is 0. The van der Waals surface area contributed by atoms with Crippen molar-refractivity contribution in [1.29, 1.82) is 0 Å². The number of hydrogen-bond donors (Lipinski definition) is 2. The van der Waals surface area contributed by atoms with E-state index in [1.807, 2.05) is 24.3 Å². The van der Waals surface area contributed by atoms with Crippen LogP contribution in [0.2, 0.25) is 0 Å². The smallest absolute Gasteiger partial charge is 0.231 e. The molecule has 2 aromatic rings. The molecule has 2 N–H and O–H groups in total. The lowest BCUT2D eigenvalue weighted by atomic mass is 9.72. The van der Waals surface area contributed by atoms with Crippen LogP contribution in [0.4, 0.5) is 0 Å². The first-order chi connectivity index (χ1) is 17.6. The Kier molecular flexibility index (Phi) is 5.86. The van der Waals surface area contributed by atoms with Crippen LogP contribution in [0.3, 0.4) is 0 Å². The van der Waals surface area contributed by atoms with Gasteiger partial charge >= 0.3 is 0 Å². The zero-order chi connectivity index (χ0) is 24.5. The number of allylic oxidation sites excluding steroid dienone is 7. The molecule has 1 atom stereocenters. The van der Waals surface area contributed by atoms with Gasteiger partial charge in [-0.15, -0.1) is 0 Å². The Morgan fingerprint density at radius 2 is 1.78 bits per heavy atom. The van der Waals surface area contributed by atoms with Gasteiger partial charge in [0.15, 0.2) is 11.5 Å². The van der Waals surface area contributed by atoms with Gasteiger partial charge in [0.2, 0.25) is 6.79 Å². The van der Waals surface area contributed by atoms with Gasteiger partial charge in [-0.05, 0) is 72.1 Å². The minimum atomic E-state index is -1.30. The monoisotopic (exact) mass is 479 g/mol. The maximum Gasteiger partial charge on any atom is 0.231 e. The second kappa shape index (κ2) is 9.32. The number of rotatable bonds is 1. The van der Waals surface area contributed by atoms with Gasteiger partial charge < -0.3 is 19.7 Å². The number of aliphatic hydroxyl groups is 1. The molecule has 1 unspecified atom stereocenters. The van der Waals surface area contributed by atoms with E-state index >= 15 is 0 Å². The summed E-state index contributed by atoms with van der Waals surface area (Å²) in [7, 11) is 0. The molecule has 3 aliphatic carbocycles. The van der Waals surface area contributed by atoms with Crippen LogP contribution in [0.5, 0.6) is 17.2 Å². The Morgan fingerprint density at radius 3 is 2.69 bits per heavy atom. The van der Waals surface area contributed by atoms with E-state index < -0.39 is 5.60 Å². The van der Waals surface area contributed by atoms with Crippen LogP contribution in [0.15, 0.2) is 77.5 Å². The first-order valence-electron chi connectivity index (χ1n) is 12.6. The molecule has 0 saturated heterocycles. The minimum Gasteiger partial charge on any atom is -0.507 e. The third kappa shape index (κ3) is 3.90. The molecule has 7 rings (SSSR count). The van der Waals surface area contributed by atoms with E-state index in [1.54, 1.807) is 24.1 Å². The lowest BCUT2D eigenvalue weighted by Gasteiger charge is -2.36. The van der Waals surface area contributed by atoms with Crippen molar-refractivity contribution in [3.05, 3.63) is 100 Å². The fourth-order valence-electron chi connectivity index (χ4n) is 5.68. The number of aliphatic imine (C=N–C) groups is 1. The highest BCUT2D eigenvalue weighted by atomic mass is 16.7. The molecule has 5 aliphatic rings. The van der Waals surface area contributed by atoms with E-state index in [2.05, 4.69) is 35.4 Å². The molecule has 5 nitrogen and oxygen atoms in total. The molecule has 0 saturated carbocycles. The standard InChI is InChI=1S/C25H22O4.C6H7N/c26-22-13-24-23(28-14-29-24)12-21(22)25(27)11-3-6-19-18-8-7-15-4-1-2-5-16(15)17(18)9-10-20(19)25;1-2-4-6-7-5-3-1/h2-3,5-6,9-10,12-13,26-27H,1,4,7-8,11,14H2;1,3-6H,2H2. The molecule has 2 heterocycles. The Labute approximate surface area is 211 Å². The predicted molar refractivity (Wildman–Crippen MR) is 142 cm³/mol. The van der Waals surface area contributed by atoms with E-state index in [1.165, 1.54) is 22.8 Å². The van der Waals surface area contributed by atoms with Crippen LogP contribution in [-0.4, -0.2) is 23.2 Å². The fourth-order valence-corrected chi connectivity index (χ4v) is 5.68. The summed E-state index contributed by atoms with van der Waals surface area (Å²) < 4.78 is 10.9. The summed E-state index contributed by atoms with van der Waals surface area (Å²) in [6, 6.07) is 7.42. The Hall–Kier alpha value is -3.83. The van der Waals surface area contributed by atoms with Crippen LogP contribution < -0.4 is 9.47 Å². The van der Waals surface area contributed by atoms with Gasteiger partial charge in [0, 0.05) is 30.5 Å². The number of phenolic OH excluding ortho intramolecular Hbond substituents is 1. The van der Waals surface area contributed by atoms with Crippen LogP contribution >= 0.6 is 0 Å². The van der Waals surface area contributed by atoms with E-state index in [4.69, 9.17) is 9.47 Å². The number of nitrogens with zero attached hydrogens (tertiary/aromatic N) is 1. The van der Waals surface area contributed by atoms with Crippen molar-refractivity contribution < 1.29 is 19.7 Å². The zero-order valence-corrected chi connectivity index (χ0v) is 20.1. The minimum absolute atomic E-state index is 0.0240. The average Bonchev–Trinajstić information content (AvgIpc) is 3.15. The van der Waals surface area contributed by atoms with Gasteiger partial charge in [0.05, 0.1) is 0 Å². The first-order valence-corrected chi connectivity index (χ1v) is 12.6. The summed E-state index contributed by atoms with van der Waals surface area (Å²) in [5.41, 5.74) is 6.56. The predicted octanol–water partition coefficient (Wildman–Crippen LogP) is 6.35. The summed E-state index contributed by atoms with van der Waals surface area (Å²) in [5.74, 6) is 1.09. The molecule has 2 aliphatic heterocycles. The van der Waals surface area contributed by atoms with Crippen LogP contribution in [0.1, 0.15) is 59.9 Å². The lowest BCUT2D eigenvalue weighted by Crippen LogP contribution is -2.30. The van der Waals surface area contributed by atoms with Gasteiger partial charge in [0.25, 0.3) is 0 Å². The molecule has 0 radical (unpaired) electrons. The topological polar surface area (TPSA) is 71.3 Å². The quantitative estimate of drug-likeness (QED) is 0.500. The van der Waals surface area contributed by atoms with Crippen LogP contribution in [-0.2, 0) is 12.0 Å². The van der Waals surface area contributed by atoms with E-state index in [-0.39, 0.29) is 12.5 Å². The van der Waals surface area contributed by atoms with Crippen molar-refractivity contribution in [3.8, 4) is 17.2 Å². The van der Waals surface area contributed by atoms with Gasteiger partial charge in [-0.3, -0.25) is 4.99 Å². The fraction of sp³-hybridized carbons (Fsp3) is 0.258. The van der Waals surface area contributed by atoms with Crippen molar-refractivity contribution in [2.75, 3.05) is 6.79 Å². The molecule has 2 aromatic carbocycles. The third-order valence-corrected chi connectivity index (χ3v) is 7.45. The molecular formula is C31H29NO4. The van der Waals surface area contributed by atoms with Crippen LogP contribution in [0, 0.1) is 0 Å². The highest BCUT2D eigenvalue weighted by Crippen LogP contribution is 2.49. The lowest BCUT2D eigenvalue weighted by molar-refractivity contribution is 0.0796. The molecule has 5 heteroatoms. The highest BCUT2D eigenvalue weighted by molar-refractivity contribution is 5.84. The van der Waals surface area contributed by atoms with Crippen molar-refractivity contribution in [3.63, 3.8) is 0 Å². The Morgan fingerprint density at radius 1 is 0.889 bits per heavy atom. The molecule has 0 aromatic heterocycles. The number of benzene rings is 2. The van der Waals surface area contributed by atoms with Crippen molar-refractivity contribution in [1.82, 2.24) is 0 Å². The Balaban J connectivity index is 0.000000299. The molecular weight excluding hydrogens is 450 g/mol. The maximum absolute atomic E-state index is 11.8. The second-order valence-electron chi connectivity index (χ2n) is 9.55. The number of phenols is 1. The number of hydrogen-bond acceptors (Lipinski definition) is 5. The van der Waals surface area contributed by atoms with E-state index in [0.717, 1.165) is 43.2 Å². The van der Waals surface area contributed by atoms with E-state index in [9.17, 15) is 10.2 Å². The average molecular weight is 480 g/mol. The normalized spacial score (nSPS) is 22.4. The Bertz CT molecular complexity index is 1380. The number of aromatic hydroxyl groups is 1. The summed E-state index contributed by atoms with van der Waals surface area (Å²) in [5, 5.41) is 22.5. The number of ether oxygens (including phenoxy) is 2. The highest BCUT2D eigenvalue weighted by Gasteiger charge is 2.39. The summed E-state index contributed by atoms with van der Waals surface area (Å²) in [4.78, 5) is 3.88. The SMILES string of the molecule is C1=CCC=CN=C1.Oc1cc2c(cc1C1(O)CC=Cc3c1ccc1c3CCC3=C1C=CCC3)OCO2. The molecule has 0 spiro atoms. The van der Waals surface area contributed by atoms with Gasteiger partial charge in [-0.1, -0.05) is 54.2 Å². The molecule has 182 valence electrons. The first kappa shape index (κ1) is 22.6. The zero-order valence-electron chi connectivity index (χ0n) is 20.1. The third-order valence-electron chi connectivity index (χ3n) is 7.45. The largest absolute Gasteiger partial charge is 0.507 e. The molecule has 0 bridgehead atoms. The molecule has 0 amide bonds. The van der Waals surface area contributed by atoms with Gasteiger partial charge in [-0.25, -0.2) is 0 Å². The van der Waals surface area contributed by atoms with E-state index in [0.29, 0.717) is 23.5 Å². The van der Waals surface area contributed by atoms with Crippen LogP contribution in [0.25, 0.3) is 11.6 Å². The summed E-state index contributed by atoms with van der Waals surface area (Å²) in [6.45, 7) is 0.131. The maximum atomic E-state index is 11.8.